The first-order valence-electron chi connectivity index (χ1n) is 6.00. The molecule has 0 aliphatic carbocycles. The molecule has 2 saturated heterocycles. The van der Waals surface area contributed by atoms with Crippen molar-refractivity contribution in [1.82, 2.24) is 4.98 Å². The Bertz CT molecular complexity index is 376. The molecule has 3 heterocycles. The molecule has 3 nitrogen and oxygen atoms in total. The van der Waals surface area contributed by atoms with Crippen LogP contribution >= 0.6 is 0 Å². The van der Waals surface area contributed by atoms with E-state index in [0.717, 1.165) is 24.1 Å². The second kappa shape index (κ2) is 3.82. The summed E-state index contributed by atoms with van der Waals surface area (Å²) >= 11 is 0. The van der Waals surface area contributed by atoms with Crippen molar-refractivity contribution in [3.05, 3.63) is 29.6 Å². The Labute approximate surface area is 95.5 Å². The van der Waals surface area contributed by atoms with Crippen molar-refractivity contribution in [3.63, 3.8) is 0 Å². The molecule has 0 aromatic carbocycles. The van der Waals surface area contributed by atoms with E-state index in [9.17, 15) is 5.11 Å². The minimum atomic E-state index is -0.414. The highest BCUT2D eigenvalue weighted by Crippen LogP contribution is 2.44. The van der Waals surface area contributed by atoms with Crippen LogP contribution in [-0.2, 0) is 4.74 Å². The van der Waals surface area contributed by atoms with E-state index >= 15 is 0 Å². The number of aliphatic hydroxyl groups is 1. The van der Waals surface area contributed by atoms with Crippen molar-refractivity contribution in [2.75, 3.05) is 0 Å². The number of nitrogens with zero attached hydrogens (tertiary/aromatic N) is 1. The Morgan fingerprint density at radius 2 is 2.31 bits per heavy atom. The number of rotatable bonds is 2. The van der Waals surface area contributed by atoms with E-state index in [-0.39, 0.29) is 12.0 Å². The van der Waals surface area contributed by atoms with Crippen LogP contribution in [0.3, 0.4) is 0 Å². The Morgan fingerprint density at radius 1 is 1.44 bits per heavy atom. The smallest absolute Gasteiger partial charge is 0.0858 e. The summed E-state index contributed by atoms with van der Waals surface area (Å²) in [5.74, 6) is 0.267. The van der Waals surface area contributed by atoms with Gasteiger partial charge in [-0.25, -0.2) is 0 Å². The lowest BCUT2D eigenvalue weighted by Crippen LogP contribution is -2.23. The zero-order valence-corrected chi connectivity index (χ0v) is 9.47. The SMILES string of the molecule is Cc1ccc(C(O)C2CC3CCC2O3)cn1. The maximum atomic E-state index is 10.3. The average molecular weight is 219 g/mol. The summed E-state index contributed by atoms with van der Waals surface area (Å²) in [7, 11) is 0. The molecular weight excluding hydrogens is 202 g/mol. The molecule has 1 N–H and O–H groups in total. The summed E-state index contributed by atoms with van der Waals surface area (Å²) in [6, 6.07) is 3.92. The number of hydrogen-bond donors (Lipinski definition) is 1. The largest absolute Gasteiger partial charge is 0.388 e. The third-order valence-corrected chi connectivity index (χ3v) is 3.83. The second-order valence-corrected chi connectivity index (χ2v) is 4.95. The van der Waals surface area contributed by atoms with Gasteiger partial charge < -0.3 is 9.84 Å². The molecule has 1 aromatic heterocycles. The molecule has 0 spiro atoms. The minimum absolute atomic E-state index is 0.265. The highest BCUT2D eigenvalue weighted by atomic mass is 16.5. The van der Waals surface area contributed by atoms with Crippen LogP contribution in [0.5, 0.6) is 0 Å². The summed E-state index contributed by atoms with van der Waals surface area (Å²) in [4.78, 5) is 4.23. The first-order chi connectivity index (χ1) is 7.74. The van der Waals surface area contributed by atoms with Crippen LogP contribution in [-0.4, -0.2) is 22.3 Å². The lowest BCUT2D eigenvalue weighted by atomic mass is 9.83. The Kier molecular flexibility index (Phi) is 2.45. The summed E-state index contributed by atoms with van der Waals surface area (Å²) in [6.45, 7) is 1.96. The van der Waals surface area contributed by atoms with E-state index in [2.05, 4.69) is 4.98 Å². The minimum Gasteiger partial charge on any atom is -0.388 e. The van der Waals surface area contributed by atoms with Crippen LogP contribution in [0.25, 0.3) is 0 Å². The van der Waals surface area contributed by atoms with Crippen molar-refractivity contribution >= 4 is 0 Å². The van der Waals surface area contributed by atoms with Crippen molar-refractivity contribution in [3.8, 4) is 0 Å². The van der Waals surface area contributed by atoms with E-state index in [4.69, 9.17) is 4.74 Å². The number of ether oxygens (including phenoxy) is 1. The lowest BCUT2D eigenvalue weighted by molar-refractivity contribution is 0.0421. The standard InChI is InChI=1S/C13H17NO2/c1-8-2-3-9(7-14-8)13(15)11-6-10-4-5-12(11)16-10/h2-3,7,10-13,15H,4-6H2,1H3. The molecule has 2 bridgehead atoms. The highest BCUT2D eigenvalue weighted by molar-refractivity contribution is 5.17. The monoisotopic (exact) mass is 219 g/mol. The van der Waals surface area contributed by atoms with Gasteiger partial charge in [0, 0.05) is 17.8 Å². The molecule has 1 aromatic rings. The molecule has 4 atom stereocenters. The number of pyridine rings is 1. The average Bonchev–Trinajstić information content (AvgIpc) is 2.91. The molecule has 2 fully saturated rings. The summed E-state index contributed by atoms with van der Waals surface area (Å²) in [5.41, 5.74) is 1.91. The van der Waals surface area contributed by atoms with Crippen molar-refractivity contribution in [1.29, 1.82) is 0 Å². The summed E-state index contributed by atoms with van der Waals surface area (Å²) in [6.07, 6.45) is 5.30. The zero-order valence-electron chi connectivity index (χ0n) is 9.47. The summed E-state index contributed by atoms with van der Waals surface area (Å²) < 4.78 is 5.77. The Balaban J connectivity index is 1.77. The van der Waals surface area contributed by atoms with Gasteiger partial charge in [-0.3, -0.25) is 4.98 Å². The van der Waals surface area contributed by atoms with Gasteiger partial charge in [0.2, 0.25) is 0 Å². The van der Waals surface area contributed by atoms with E-state index < -0.39 is 6.10 Å². The van der Waals surface area contributed by atoms with Gasteiger partial charge in [-0.15, -0.1) is 0 Å². The Hall–Kier alpha value is -0.930. The molecule has 2 aliphatic rings. The lowest BCUT2D eigenvalue weighted by Gasteiger charge is -2.24. The van der Waals surface area contributed by atoms with Crippen LogP contribution in [0.15, 0.2) is 18.3 Å². The number of aromatic nitrogens is 1. The predicted molar refractivity (Wildman–Crippen MR) is 59.9 cm³/mol. The van der Waals surface area contributed by atoms with Crippen LogP contribution < -0.4 is 0 Å². The van der Waals surface area contributed by atoms with Gasteiger partial charge in [-0.05, 0) is 37.8 Å². The number of aryl methyl sites for hydroxylation is 1. The van der Waals surface area contributed by atoms with Gasteiger partial charge in [0.1, 0.15) is 0 Å². The van der Waals surface area contributed by atoms with Gasteiger partial charge in [0.05, 0.1) is 18.3 Å². The van der Waals surface area contributed by atoms with Crippen LogP contribution in [0.4, 0.5) is 0 Å². The fraction of sp³-hybridized carbons (Fsp3) is 0.615. The zero-order chi connectivity index (χ0) is 11.1. The Morgan fingerprint density at radius 3 is 2.88 bits per heavy atom. The molecule has 4 unspecified atom stereocenters. The number of fused-ring (bicyclic) bond motifs is 2. The maximum absolute atomic E-state index is 10.3. The highest BCUT2D eigenvalue weighted by Gasteiger charge is 2.44. The first kappa shape index (κ1) is 10.2. The first-order valence-corrected chi connectivity index (χ1v) is 6.00. The van der Waals surface area contributed by atoms with Crippen molar-refractivity contribution < 1.29 is 9.84 Å². The molecule has 86 valence electrons. The normalized spacial score (nSPS) is 34.2. The van der Waals surface area contributed by atoms with Crippen LogP contribution in [0.1, 0.15) is 36.6 Å². The van der Waals surface area contributed by atoms with E-state index in [1.165, 1.54) is 6.42 Å². The van der Waals surface area contributed by atoms with Crippen molar-refractivity contribution in [2.45, 2.75) is 44.5 Å². The van der Waals surface area contributed by atoms with Gasteiger partial charge >= 0.3 is 0 Å². The van der Waals surface area contributed by atoms with Crippen molar-refractivity contribution in [2.24, 2.45) is 5.92 Å². The summed E-state index contributed by atoms with van der Waals surface area (Å²) in [5, 5.41) is 10.3. The fourth-order valence-corrected chi connectivity index (χ4v) is 2.91. The number of aliphatic hydroxyl groups excluding tert-OH is 1. The third-order valence-electron chi connectivity index (χ3n) is 3.83. The van der Waals surface area contributed by atoms with Crippen LogP contribution in [0, 0.1) is 12.8 Å². The third kappa shape index (κ3) is 1.64. The molecule has 0 saturated carbocycles. The predicted octanol–water partition coefficient (Wildman–Crippen LogP) is 1.99. The van der Waals surface area contributed by atoms with Gasteiger partial charge in [0.15, 0.2) is 0 Å². The number of hydrogen-bond acceptors (Lipinski definition) is 3. The van der Waals surface area contributed by atoms with Crippen LogP contribution in [0.2, 0.25) is 0 Å². The molecule has 16 heavy (non-hydrogen) atoms. The second-order valence-electron chi connectivity index (χ2n) is 4.95. The molecule has 0 amide bonds. The van der Waals surface area contributed by atoms with E-state index in [1.54, 1.807) is 6.20 Å². The topological polar surface area (TPSA) is 42.4 Å². The molecule has 2 aliphatic heterocycles. The van der Waals surface area contributed by atoms with E-state index in [1.807, 2.05) is 19.1 Å². The van der Waals surface area contributed by atoms with Gasteiger partial charge in [-0.2, -0.15) is 0 Å². The van der Waals surface area contributed by atoms with E-state index in [0.29, 0.717) is 6.10 Å². The molecule has 0 radical (unpaired) electrons. The molecule has 3 rings (SSSR count). The van der Waals surface area contributed by atoms with Gasteiger partial charge in [-0.1, -0.05) is 6.07 Å². The maximum Gasteiger partial charge on any atom is 0.0858 e. The van der Waals surface area contributed by atoms with Gasteiger partial charge in [0.25, 0.3) is 0 Å². The molecule has 3 heteroatoms. The molecular formula is C13H17NO2. The quantitative estimate of drug-likeness (QED) is 0.827. The fourth-order valence-electron chi connectivity index (χ4n) is 2.91.